The predicted octanol–water partition coefficient (Wildman–Crippen LogP) is 3.51. The summed E-state index contributed by atoms with van der Waals surface area (Å²) in [5.74, 6) is 0. The smallest absolute Gasteiger partial charge is 0.134 e. The van der Waals surface area contributed by atoms with Gasteiger partial charge < -0.3 is 5.32 Å². The van der Waals surface area contributed by atoms with Gasteiger partial charge in [0.1, 0.15) is 10.7 Å². The molecule has 19 heavy (non-hydrogen) atoms. The van der Waals surface area contributed by atoms with Gasteiger partial charge in [-0.05, 0) is 26.3 Å². The fourth-order valence-electron chi connectivity index (χ4n) is 2.75. The summed E-state index contributed by atoms with van der Waals surface area (Å²) < 4.78 is 4.09. The summed E-state index contributed by atoms with van der Waals surface area (Å²) in [7, 11) is 2.24. The van der Waals surface area contributed by atoms with Crippen molar-refractivity contribution in [3.05, 3.63) is 5.69 Å². The van der Waals surface area contributed by atoms with Crippen LogP contribution in [0.5, 0.6) is 0 Å². The largest absolute Gasteiger partial charge is 0.374 e. The molecule has 1 saturated carbocycles. The van der Waals surface area contributed by atoms with Gasteiger partial charge in [0.25, 0.3) is 0 Å². The van der Waals surface area contributed by atoms with Gasteiger partial charge in [0.15, 0.2) is 0 Å². The Morgan fingerprint density at radius 1 is 1.26 bits per heavy atom. The third kappa shape index (κ3) is 4.42. The molecule has 0 atom stereocenters. The maximum absolute atomic E-state index is 4.29. The van der Waals surface area contributed by atoms with E-state index in [1.807, 2.05) is 0 Å². The molecule has 1 aromatic rings. The Labute approximate surface area is 120 Å². The molecule has 0 amide bonds. The lowest BCUT2D eigenvalue weighted by Gasteiger charge is -2.26. The number of hydrogen-bond acceptors (Lipinski definition) is 5. The van der Waals surface area contributed by atoms with Gasteiger partial charge in [-0.25, -0.2) is 0 Å². The van der Waals surface area contributed by atoms with Crippen LogP contribution in [0.2, 0.25) is 0 Å². The van der Waals surface area contributed by atoms with Crippen molar-refractivity contribution >= 4 is 16.5 Å². The highest BCUT2D eigenvalue weighted by Gasteiger charge is 2.19. The van der Waals surface area contributed by atoms with Crippen LogP contribution in [0.1, 0.15) is 57.6 Å². The molecule has 1 N–H and O–H groups in total. The van der Waals surface area contributed by atoms with Crippen molar-refractivity contribution in [2.24, 2.45) is 0 Å². The Hall–Kier alpha value is -0.680. The molecule has 1 heterocycles. The standard InChI is InChI=1S/C14H26N4S/c1-3-10-15-14-13(16-17-19-14)11-18(2)12-8-6-4-5-7-9-12/h12,15H,3-11H2,1-2H3. The summed E-state index contributed by atoms with van der Waals surface area (Å²) in [6.45, 7) is 4.11. The van der Waals surface area contributed by atoms with Crippen LogP contribution in [0.15, 0.2) is 0 Å². The molecule has 0 aromatic carbocycles. The molecular formula is C14H26N4S. The number of anilines is 1. The average molecular weight is 282 g/mol. The molecule has 1 aliphatic rings. The van der Waals surface area contributed by atoms with E-state index < -0.39 is 0 Å². The quantitative estimate of drug-likeness (QED) is 0.811. The van der Waals surface area contributed by atoms with Crippen LogP contribution < -0.4 is 5.32 Å². The van der Waals surface area contributed by atoms with E-state index >= 15 is 0 Å². The second-order valence-electron chi connectivity index (χ2n) is 5.54. The summed E-state index contributed by atoms with van der Waals surface area (Å²) >= 11 is 1.48. The highest BCUT2D eigenvalue weighted by molar-refractivity contribution is 7.10. The minimum absolute atomic E-state index is 0.725. The molecule has 0 aliphatic heterocycles. The van der Waals surface area contributed by atoms with Gasteiger partial charge in [-0.2, -0.15) is 0 Å². The monoisotopic (exact) mass is 282 g/mol. The lowest BCUT2D eigenvalue weighted by Crippen LogP contribution is -2.31. The van der Waals surface area contributed by atoms with E-state index in [1.165, 1.54) is 50.1 Å². The van der Waals surface area contributed by atoms with E-state index in [0.29, 0.717) is 0 Å². The molecular weight excluding hydrogens is 256 g/mol. The summed E-state index contributed by atoms with van der Waals surface area (Å²) in [5, 5.41) is 8.88. The van der Waals surface area contributed by atoms with Crippen LogP contribution in [0.3, 0.4) is 0 Å². The fourth-order valence-corrected chi connectivity index (χ4v) is 3.35. The van der Waals surface area contributed by atoms with Gasteiger partial charge in [0.05, 0.1) is 0 Å². The van der Waals surface area contributed by atoms with Crippen molar-refractivity contribution in [2.75, 3.05) is 18.9 Å². The minimum atomic E-state index is 0.725. The zero-order chi connectivity index (χ0) is 13.5. The normalized spacial score (nSPS) is 17.6. The molecule has 1 fully saturated rings. The molecule has 0 bridgehead atoms. The number of aromatic nitrogens is 2. The first-order valence-electron chi connectivity index (χ1n) is 7.56. The first-order chi connectivity index (χ1) is 9.31. The lowest BCUT2D eigenvalue weighted by atomic mass is 10.1. The van der Waals surface area contributed by atoms with Gasteiger partial charge in [-0.3, -0.25) is 4.90 Å². The third-order valence-electron chi connectivity index (χ3n) is 3.94. The highest BCUT2D eigenvalue weighted by Crippen LogP contribution is 2.24. The Balaban J connectivity index is 1.90. The molecule has 0 spiro atoms. The number of nitrogens with one attached hydrogen (secondary N) is 1. The molecule has 0 saturated heterocycles. The van der Waals surface area contributed by atoms with Crippen LogP contribution in [0, 0.1) is 0 Å². The van der Waals surface area contributed by atoms with Crippen molar-refractivity contribution < 1.29 is 0 Å². The maximum atomic E-state index is 4.29. The first-order valence-corrected chi connectivity index (χ1v) is 8.34. The van der Waals surface area contributed by atoms with Crippen LogP contribution in [-0.4, -0.2) is 34.1 Å². The van der Waals surface area contributed by atoms with Gasteiger partial charge in [0.2, 0.25) is 0 Å². The SMILES string of the molecule is CCCNc1snnc1CN(C)C1CCCCCC1. The van der Waals surface area contributed by atoms with E-state index in [9.17, 15) is 0 Å². The van der Waals surface area contributed by atoms with Crippen molar-refractivity contribution in [1.82, 2.24) is 14.5 Å². The van der Waals surface area contributed by atoms with E-state index in [-0.39, 0.29) is 0 Å². The minimum Gasteiger partial charge on any atom is -0.374 e. The van der Waals surface area contributed by atoms with Crippen LogP contribution in [0.4, 0.5) is 5.00 Å². The van der Waals surface area contributed by atoms with E-state index in [0.717, 1.165) is 36.2 Å². The number of rotatable bonds is 6. The van der Waals surface area contributed by atoms with E-state index in [2.05, 4.69) is 33.8 Å². The van der Waals surface area contributed by atoms with Gasteiger partial charge >= 0.3 is 0 Å². The lowest BCUT2D eigenvalue weighted by molar-refractivity contribution is 0.211. The average Bonchev–Trinajstić information content (AvgIpc) is 2.67. The van der Waals surface area contributed by atoms with E-state index in [1.54, 1.807) is 0 Å². The maximum Gasteiger partial charge on any atom is 0.134 e. The molecule has 1 aromatic heterocycles. The Morgan fingerprint density at radius 2 is 2.00 bits per heavy atom. The number of nitrogens with zero attached hydrogens (tertiary/aromatic N) is 3. The van der Waals surface area contributed by atoms with Gasteiger partial charge in [-0.1, -0.05) is 37.1 Å². The predicted molar refractivity (Wildman–Crippen MR) is 81.6 cm³/mol. The molecule has 0 unspecified atom stereocenters. The summed E-state index contributed by atoms with van der Waals surface area (Å²) in [6.07, 6.45) is 9.39. The zero-order valence-electron chi connectivity index (χ0n) is 12.2. The molecule has 0 radical (unpaired) electrons. The first kappa shape index (κ1) is 14.7. The van der Waals surface area contributed by atoms with Crippen LogP contribution in [-0.2, 0) is 6.54 Å². The van der Waals surface area contributed by atoms with Crippen molar-refractivity contribution in [2.45, 2.75) is 64.5 Å². The highest BCUT2D eigenvalue weighted by atomic mass is 32.1. The zero-order valence-corrected chi connectivity index (χ0v) is 13.0. The van der Waals surface area contributed by atoms with Crippen LogP contribution in [0.25, 0.3) is 0 Å². The second-order valence-corrected chi connectivity index (χ2v) is 6.29. The Bertz CT molecular complexity index is 358. The van der Waals surface area contributed by atoms with E-state index in [4.69, 9.17) is 0 Å². The number of hydrogen-bond donors (Lipinski definition) is 1. The summed E-state index contributed by atoms with van der Waals surface area (Å²) in [6, 6.07) is 0.725. The topological polar surface area (TPSA) is 41.1 Å². The molecule has 1 aliphatic carbocycles. The van der Waals surface area contributed by atoms with Crippen molar-refractivity contribution in [3.8, 4) is 0 Å². The molecule has 5 heteroatoms. The molecule has 4 nitrogen and oxygen atoms in total. The third-order valence-corrected chi connectivity index (χ3v) is 4.66. The Kier molecular flexibility index (Phi) is 6.04. The van der Waals surface area contributed by atoms with Gasteiger partial charge in [0, 0.05) is 30.7 Å². The summed E-state index contributed by atoms with van der Waals surface area (Å²) in [4.78, 5) is 2.47. The molecule has 2 rings (SSSR count). The second kappa shape index (κ2) is 7.80. The fraction of sp³-hybridized carbons (Fsp3) is 0.857. The molecule has 108 valence electrons. The Morgan fingerprint density at radius 3 is 2.68 bits per heavy atom. The van der Waals surface area contributed by atoms with Crippen molar-refractivity contribution in [3.63, 3.8) is 0 Å². The van der Waals surface area contributed by atoms with Crippen molar-refractivity contribution in [1.29, 1.82) is 0 Å². The summed E-state index contributed by atoms with van der Waals surface area (Å²) in [5.41, 5.74) is 1.12. The van der Waals surface area contributed by atoms with Crippen LogP contribution >= 0.6 is 11.5 Å². The van der Waals surface area contributed by atoms with Gasteiger partial charge in [-0.15, -0.1) is 5.10 Å².